The molecule has 3 fully saturated rings. The van der Waals surface area contributed by atoms with Gasteiger partial charge in [-0.2, -0.15) is 13.2 Å². The van der Waals surface area contributed by atoms with Crippen LogP contribution in [0.2, 0.25) is 0 Å². The van der Waals surface area contributed by atoms with Gasteiger partial charge in [0.15, 0.2) is 5.60 Å². The molecule has 190 valence electrons. The number of alkyl halides is 3. The number of benzene rings is 1. The van der Waals surface area contributed by atoms with E-state index >= 15 is 0 Å². The number of hydrogen-bond donors (Lipinski definition) is 3. The van der Waals surface area contributed by atoms with Gasteiger partial charge < -0.3 is 24.8 Å². The molecule has 2 aliphatic heterocycles. The Kier molecular flexibility index (Phi) is 7.54. The third-order valence-corrected chi connectivity index (χ3v) is 7.08. The minimum Gasteiger partial charge on any atom is -0.497 e. The number of halogens is 4. The maximum atomic E-state index is 14.1. The van der Waals surface area contributed by atoms with E-state index in [0.717, 1.165) is 12.8 Å². The van der Waals surface area contributed by atoms with E-state index in [1.807, 2.05) is 0 Å². The standard InChI is InChI=1S/C23H31F4N3O4/c1-32-14-8-9-16(24)18(13-14)30-21(31)29-17-6-4-11-28-20(17)34-19-7-3-2-5-15(19)22(10-12-33-22)23(25,26)27/h8-9,13,15,17,19-20,28H,2-7,10-12H2,1H3,(H2,29,30,31)/t15?,17?,19-,20?,22-/m0/s1. The van der Waals surface area contributed by atoms with Crippen LogP contribution in [0.25, 0.3) is 0 Å². The van der Waals surface area contributed by atoms with Crippen molar-refractivity contribution >= 4 is 11.7 Å². The fourth-order valence-corrected chi connectivity index (χ4v) is 5.23. The lowest BCUT2D eigenvalue weighted by Crippen LogP contribution is -2.65. The summed E-state index contributed by atoms with van der Waals surface area (Å²) in [5, 5.41) is 8.44. The molecule has 1 aromatic rings. The van der Waals surface area contributed by atoms with E-state index in [1.165, 1.54) is 25.3 Å². The van der Waals surface area contributed by atoms with Gasteiger partial charge in [0.05, 0.1) is 31.5 Å². The van der Waals surface area contributed by atoms with Crippen molar-refractivity contribution < 1.29 is 36.6 Å². The number of carbonyl (C=O) groups is 1. The molecule has 0 bridgehead atoms. The van der Waals surface area contributed by atoms with Crippen molar-refractivity contribution in [2.45, 2.75) is 75.1 Å². The lowest BCUT2D eigenvalue weighted by atomic mass is 9.70. The molecule has 3 N–H and O–H groups in total. The first-order valence-corrected chi connectivity index (χ1v) is 11.7. The zero-order valence-corrected chi connectivity index (χ0v) is 19.1. The first kappa shape index (κ1) is 25.0. The maximum Gasteiger partial charge on any atom is 0.417 e. The van der Waals surface area contributed by atoms with E-state index in [0.29, 0.717) is 38.0 Å². The molecule has 2 amide bonds. The van der Waals surface area contributed by atoms with Gasteiger partial charge in [-0.15, -0.1) is 0 Å². The molecule has 1 aromatic carbocycles. The van der Waals surface area contributed by atoms with E-state index in [2.05, 4.69) is 16.0 Å². The number of nitrogens with one attached hydrogen (secondary N) is 3. The second kappa shape index (κ2) is 10.2. The van der Waals surface area contributed by atoms with Gasteiger partial charge in [-0.25, -0.2) is 9.18 Å². The Morgan fingerprint density at radius 3 is 2.65 bits per heavy atom. The Labute approximate surface area is 195 Å². The van der Waals surface area contributed by atoms with E-state index in [9.17, 15) is 22.4 Å². The van der Waals surface area contributed by atoms with E-state index in [4.69, 9.17) is 14.2 Å². The first-order valence-electron chi connectivity index (χ1n) is 11.7. The molecule has 0 aromatic heterocycles. The highest BCUT2D eigenvalue weighted by molar-refractivity contribution is 5.89. The third-order valence-electron chi connectivity index (χ3n) is 7.08. The monoisotopic (exact) mass is 489 g/mol. The summed E-state index contributed by atoms with van der Waals surface area (Å²) < 4.78 is 72.3. The van der Waals surface area contributed by atoms with Crippen LogP contribution in [0, 0.1) is 11.7 Å². The largest absolute Gasteiger partial charge is 0.497 e. The Morgan fingerprint density at radius 2 is 1.97 bits per heavy atom. The molecule has 3 unspecified atom stereocenters. The van der Waals surface area contributed by atoms with Gasteiger partial charge >= 0.3 is 12.2 Å². The highest BCUT2D eigenvalue weighted by Crippen LogP contribution is 2.52. The van der Waals surface area contributed by atoms with E-state index in [-0.39, 0.29) is 18.7 Å². The zero-order chi connectivity index (χ0) is 24.3. The van der Waals surface area contributed by atoms with Crippen LogP contribution in [-0.4, -0.2) is 56.4 Å². The molecule has 11 heteroatoms. The quantitative estimate of drug-likeness (QED) is 0.519. The molecule has 2 heterocycles. The number of anilines is 1. The Hall–Kier alpha value is -2.11. The molecule has 4 rings (SSSR count). The van der Waals surface area contributed by atoms with Gasteiger partial charge in [0.25, 0.3) is 0 Å². The van der Waals surface area contributed by atoms with Crippen molar-refractivity contribution in [2.24, 2.45) is 5.92 Å². The van der Waals surface area contributed by atoms with Crippen LogP contribution in [0.5, 0.6) is 5.75 Å². The summed E-state index contributed by atoms with van der Waals surface area (Å²) in [4.78, 5) is 12.6. The number of carbonyl (C=O) groups excluding carboxylic acids is 1. The Balaban J connectivity index is 1.43. The van der Waals surface area contributed by atoms with Gasteiger partial charge in [0.1, 0.15) is 17.8 Å². The smallest absolute Gasteiger partial charge is 0.417 e. The molecule has 7 nitrogen and oxygen atoms in total. The van der Waals surface area contributed by atoms with Crippen molar-refractivity contribution in [1.82, 2.24) is 10.6 Å². The molecule has 34 heavy (non-hydrogen) atoms. The van der Waals surface area contributed by atoms with Crippen LogP contribution in [0.1, 0.15) is 44.9 Å². The van der Waals surface area contributed by atoms with Crippen LogP contribution in [0.15, 0.2) is 18.2 Å². The van der Waals surface area contributed by atoms with Crippen LogP contribution in [0.4, 0.5) is 28.0 Å². The number of hydrogen-bond acceptors (Lipinski definition) is 5. The number of piperidine rings is 1. The Bertz CT molecular complexity index is 865. The number of rotatable bonds is 6. The lowest BCUT2D eigenvalue weighted by molar-refractivity contribution is -0.358. The predicted molar refractivity (Wildman–Crippen MR) is 116 cm³/mol. The number of methoxy groups -OCH3 is 1. The lowest BCUT2D eigenvalue weighted by Gasteiger charge is -2.52. The summed E-state index contributed by atoms with van der Waals surface area (Å²) in [6.45, 7) is 0.711. The van der Waals surface area contributed by atoms with Crippen molar-refractivity contribution in [3.63, 3.8) is 0 Å². The van der Waals surface area contributed by atoms with Gasteiger partial charge in [0, 0.05) is 18.4 Å². The molecule has 0 radical (unpaired) electrons. The second-order valence-corrected chi connectivity index (χ2v) is 9.12. The summed E-state index contributed by atoms with van der Waals surface area (Å²) in [6, 6.07) is 2.86. The van der Waals surface area contributed by atoms with Gasteiger partial charge in [-0.3, -0.25) is 5.32 Å². The normalized spacial score (nSPS) is 31.9. The van der Waals surface area contributed by atoms with E-state index in [1.54, 1.807) is 0 Å². The second-order valence-electron chi connectivity index (χ2n) is 9.12. The van der Waals surface area contributed by atoms with Crippen LogP contribution >= 0.6 is 0 Å². The summed E-state index contributed by atoms with van der Waals surface area (Å²) in [6.07, 6.45) is -2.16. The van der Waals surface area contributed by atoms with Gasteiger partial charge in [-0.1, -0.05) is 12.8 Å². The predicted octanol–water partition coefficient (Wildman–Crippen LogP) is 4.33. The van der Waals surface area contributed by atoms with Crippen molar-refractivity contribution in [3.8, 4) is 5.75 Å². The molecular formula is C23H31F4N3O4. The van der Waals surface area contributed by atoms with E-state index < -0.39 is 47.9 Å². The molecule has 1 saturated carbocycles. The summed E-state index contributed by atoms with van der Waals surface area (Å²) in [5.74, 6) is -1.02. The van der Waals surface area contributed by atoms with Crippen LogP contribution in [0.3, 0.4) is 0 Å². The average molecular weight is 490 g/mol. The van der Waals surface area contributed by atoms with Gasteiger partial charge in [-0.05, 0) is 44.4 Å². The zero-order valence-electron chi connectivity index (χ0n) is 19.1. The SMILES string of the molecule is COc1ccc(F)c(NC(=O)NC2CCCNC2O[C@H]2CCCCC2[C@]2(C(F)(F)F)CCO2)c1. The molecule has 3 aliphatic rings. The summed E-state index contributed by atoms with van der Waals surface area (Å²) >= 11 is 0. The minimum atomic E-state index is -4.47. The molecule has 5 atom stereocenters. The topological polar surface area (TPSA) is 80.9 Å². The van der Waals surface area contributed by atoms with Crippen molar-refractivity contribution in [3.05, 3.63) is 24.0 Å². The molecule has 0 spiro atoms. The highest BCUT2D eigenvalue weighted by Gasteiger charge is 2.66. The highest BCUT2D eigenvalue weighted by atomic mass is 19.4. The average Bonchev–Trinajstić information content (AvgIpc) is 2.76. The summed E-state index contributed by atoms with van der Waals surface area (Å²) in [7, 11) is 1.43. The van der Waals surface area contributed by atoms with Crippen LogP contribution < -0.4 is 20.7 Å². The molecule has 2 saturated heterocycles. The first-order chi connectivity index (χ1) is 16.2. The number of ether oxygens (including phenoxy) is 3. The van der Waals surface area contributed by atoms with Gasteiger partial charge in [0.2, 0.25) is 0 Å². The molecular weight excluding hydrogens is 458 g/mol. The third kappa shape index (κ3) is 5.11. The molecule has 1 aliphatic carbocycles. The van der Waals surface area contributed by atoms with Crippen molar-refractivity contribution in [2.75, 3.05) is 25.6 Å². The number of urea groups is 1. The fraction of sp³-hybridized carbons (Fsp3) is 0.696. The van der Waals surface area contributed by atoms with Crippen LogP contribution in [-0.2, 0) is 9.47 Å². The fourth-order valence-electron chi connectivity index (χ4n) is 5.23. The summed E-state index contributed by atoms with van der Waals surface area (Å²) in [5.41, 5.74) is -2.20. The maximum absolute atomic E-state index is 14.1. The Morgan fingerprint density at radius 1 is 1.21 bits per heavy atom. The number of amides is 2. The minimum absolute atomic E-state index is 0.0420. The van der Waals surface area contributed by atoms with Crippen molar-refractivity contribution in [1.29, 1.82) is 0 Å².